The molecular weight excluding hydrogens is 231 g/mol. The minimum Gasteiger partial charge on any atom is -0.459 e. The zero-order valence-electron chi connectivity index (χ0n) is 5.32. The van der Waals surface area contributed by atoms with Crippen molar-refractivity contribution in [1.82, 2.24) is 0 Å². The first kappa shape index (κ1) is 7.31. The molecule has 0 saturated carbocycles. The van der Waals surface area contributed by atoms with Crippen LogP contribution in [0.15, 0.2) is 0 Å². The third kappa shape index (κ3) is 1.56. The van der Waals surface area contributed by atoms with Gasteiger partial charge >= 0.3 is 5.97 Å². The minimum absolute atomic E-state index is 0.0471. The number of hydrogen-bond donors (Lipinski definition) is 0. The lowest BCUT2D eigenvalue weighted by Crippen LogP contribution is -2.25. The Balaban J connectivity index is 2.54. The van der Waals surface area contributed by atoms with E-state index in [4.69, 9.17) is 4.74 Å². The Labute approximate surface area is 68.1 Å². The maximum atomic E-state index is 10.6. The molecule has 0 bridgehead atoms. The van der Waals surface area contributed by atoms with E-state index in [1.807, 2.05) is 6.92 Å². The highest BCUT2D eigenvalue weighted by Crippen LogP contribution is 2.27. The van der Waals surface area contributed by atoms with E-state index in [0.29, 0.717) is 6.42 Å². The molecule has 0 aromatic carbocycles. The molecule has 0 radical (unpaired) electrons. The molecular formula is C6H9IO2. The van der Waals surface area contributed by atoms with Crippen LogP contribution >= 0.6 is 22.6 Å². The van der Waals surface area contributed by atoms with Crippen molar-refractivity contribution in [2.75, 3.05) is 4.43 Å². The van der Waals surface area contributed by atoms with E-state index in [1.54, 1.807) is 0 Å². The molecule has 1 fully saturated rings. The van der Waals surface area contributed by atoms with Gasteiger partial charge in [-0.15, -0.1) is 0 Å². The Kier molecular flexibility index (Phi) is 1.98. The van der Waals surface area contributed by atoms with Crippen LogP contribution in [0.1, 0.15) is 19.8 Å². The van der Waals surface area contributed by atoms with E-state index in [-0.39, 0.29) is 11.6 Å². The van der Waals surface area contributed by atoms with Gasteiger partial charge in [-0.25, -0.2) is 0 Å². The number of cyclic esters (lactones) is 1. The number of rotatable bonds is 1. The second kappa shape index (κ2) is 2.44. The predicted molar refractivity (Wildman–Crippen MR) is 42.6 cm³/mol. The summed E-state index contributed by atoms with van der Waals surface area (Å²) < 4.78 is 5.95. The van der Waals surface area contributed by atoms with Crippen molar-refractivity contribution in [2.45, 2.75) is 25.4 Å². The third-order valence-electron chi connectivity index (χ3n) is 1.50. The van der Waals surface area contributed by atoms with Crippen LogP contribution in [0, 0.1) is 0 Å². The lowest BCUT2D eigenvalue weighted by atomic mass is 10.1. The largest absolute Gasteiger partial charge is 0.459 e. The molecule has 9 heavy (non-hydrogen) atoms. The highest BCUT2D eigenvalue weighted by Gasteiger charge is 2.34. The number of carbonyl (C=O) groups is 1. The summed E-state index contributed by atoms with van der Waals surface area (Å²) in [6, 6.07) is 0. The van der Waals surface area contributed by atoms with Crippen molar-refractivity contribution in [2.24, 2.45) is 0 Å². The number of carbonyl (C=O) groups excluding carboxylic acids is 1. The molecule has 2 nitrogen and oxygen atoms in total. The van der Waals surface area contributed by atoms with E-state index in [2.05, 4.69) is 22.6 Å². The summed E-state index contributed by atoms with van der Waals surface area (Å²) in [7, 11) is 0. The summed E-state index contributed by atoms with van der Waals surface area (Å²) in [6.07, 6.45) is 1.48. The van der Waals surface area contributed by atoms with E-state index < -0.39 is 0 Å². The summed E-state index contributed by atoms with van der Waals surface area (Å²) in [4.78, 5) is 10.6. The SMILES string of the molecule is C[C@@]1(CI)CCC(=O)O1. The highest BCUT2D eigenvalue weighted by molar-refractivity contribution is 14.1. The van der Waals surface area contributed by atoms with Crippen LogP contribution in [-0.4, -0.2) is 16.0 Å². The van der Waals surface area contributed by atoms with Gasteiger partial charge in [0.15, 0.2) is 0 Å². The lowest BCUT2D eigenvalue weighted by molar-refractivity contribution is -0.145. The maximum Gasteiger partial charge on any atom is 0.306 e. The fourth-order valence-corrected chi connectivity index (χ4v) is 1.37. The van der Waals surface area contributed by atoms with Crippen LogP contribution in [0.3, 0.4) is 0 Å². The van der Waals surface area contributed by atoms with Gasteiger partial charge in [0.05, 0.1) is 0 Å². The Morgan fingerprint density at radius 3 is 2.78 bits per heavy atom. The summed E-state index contributed by atoms with van der Waals surface area (Å²) in [5, 5.41) is 0. The first-order valence-corrected chi connectivity index (χ1v) is 4.47. The monoisotopic (exact) mass is 240 g/mol. The van der Waals surface area contributed by atoms with E-state index >= 15 is 0 Å². The Morgan fingerprint density at radius 1 is 1.89 bits per heavy atom. The molecule has 1 aliphatic heterocycles. The van der Waals surface area contributed by atoms with Crippen molar-refractivity contribution >= 4 is 28.6 Å². The smallest absolute Gasteiger partial charge is 0.306 e. The molecule has 0 aromatic heterocycles. The van der Waals surface area contributed by atoms with Gasteiger partial charge in [0, 0.05) is 10.8 Å². The van der Waals surface area contributed by atoms with Crippen LogP contribution in [0.2, 0.25) is 0 Å². The highest BCUT2D eigenvalue weighted by atomic mass is 127. The van der Waals surface area contributed by atoms with Crippen LogP contribution in [0.25, 0.3) is 0 Å². The Morgan fingerprint density at radius 2 is 2.56 bits per heavy atom. The van der Waals surface area contributed by atoms with Crippen molar-refractivity contribution in [3.05, 3.63) is 0 Å². The first-order chi connectivity index (χ1) is 4.16. The second-order valence-corrected chi connectivity index (χ2v) is 3.32. The summed E-state index contributed by atoms with van der Waals surface area (Å²) in [6.45, 7) is 1.98. The van der Waals surface area contributed by atoms with Crippen molar-refractivity contribution < 1.29 is 9.53 Å². The van der Waals surface area contributed by atoms with Gasteiger partial charge in [0.1, 0.15) is 5.60 Å². The fourth-order valence-electron chi connectivity index (χ4n) is 0.837. The average molecular weight is 240 g/mol. The van der Waals surface area contributed by atoms with Crippen molar-refractivity contribution in [3.63, 3.8) is 0 Å². The van der Waals surface area contributed by atoms with Crippen molar-refractivity contribution in [3.8, 4) is 0 Å². The van der Waals surface area contributed by atoms with Crippen LogP contribution in [-0.2, 0) is 9.53 Å². The normalized spacial score (nSPS) is 34.7. The maximum absolute atomic E-state index is 10.6. The molecule has 1 rings (SSSR count). The molecule has 1 atom stereocenters. The second-order valence-electron chi connectivity index (χ2n) is 2.56. The molecule has 0 unspecified atom stereocenters. The minimum atomic E-state index is -0.155. The van der Waals surface area contributed by atoms with Gasteiger partial charge in [-0.3, -0.25) is 4.79 Å². The zero-order chi connectivity index (χ0) is 6.91. The molecule has 1 saturated heterocycles. The average Bonchev–Trinajstić information content (AvgIpc) is 2.13. The van der Waals surface area contributed by atoms with Crippen molar-refractivity contribution in [1.29, 1.82) is 0 Å². The van der Waals surface area contributed by atoms with Gasteiger partial charge in [0.25, 0.3) is 0 Å². The molecule has 0 amide bonds. The van der Waals surface area contributed by atoms with E-state index in [0.717, 1.165) is 10.8 Å². The third-order valence-corrected chi connectivity index (χ3v) is 3.11. The topological polar surface area (TPSA) is 26.3 Å². The van der Waals surface area contributed by atoms with Gasteiger partial charge in [-0.2, -0.15) is 0 Å². The number of hydrogen-bond acceptors (Lipinski definition) is 2. The molecule has 0 spiro atoms. The Hall–Kier alpha value is 0.200. The zero-order valence-corrected chi connectivity index (χ0v) is 7.47. The molecule has 0 aromatic rings. The summed E-state index contributed by atoms with van der Waals surface area (Å²) >= 11 is 2.24. The molecule has 1 aliphatic rings. The Bertz CT molecular complexity index is 135. The van der Waals surface area contributed by atoms with E-state index in [9.17, 15) is 4.79 Å². The summed E-state index contributed by atoms with van der Waals surface area (Å²) in [5.74, 6) is -0.0471. The van der Waals surface area contributed by atoms with Crippen LogP contribution in [0.5, 0.6) is 0 Å². The first-order valence-electron chi connectivity index (χ1n) is 2.94. The molecule has 3 heteroatoms. The quantitative estimate of drug-likeness (QED) is 0.394. The van der Waals surface area contributed by atoms with Crippen LogP contribution in [0.4, 0.5) is 0 Å². The van der Waals surface area contributed by atoms with Gasteiger partial charge in [0.2, 0.25) is 0 Å². The molecule has 52 valence electrons. The number of halogens is 1. The standard InChI is InChI=1S/C6H9IO2/c1-6(4-7)3-2-5(8)9-6/h2-4H2,1H3/t6-/m0/s1. The van der Waals surface area contributed by atoms with Crippen LogP contribution < -0.4 is 0 Å². The lowest BCUT2D eigenvalue weighted by Gasteiger charge is -2.18. The molecule has 0 N–H and O–H groups in total. The van der Waals surface area contributed by atoms with Gasteiger partial charge < -0.3 is 4.74 Å². The summed E-state index contributed by atoms with van der Waals surface area (Å²) in [5.41, 5.74) is -0.155. The fraction of sp³-hybridized carbons (Fsp3) is 0.833. The number of esters is 1. The molecule has 1 heterocycles. The van der Waals surface area contributed by atoms with Gasteiger partial charge in [-0.05, 0) is 13.3 Å². The molecule has 0 aliphatic carbocycles. The van der Waals surface area contributed by atoms with E-state index in [1.165, 1.54) is 0 Å². The predicted octanol–water partition coefficient (Wildman–Crippen LogP) is 1.52. The number of ether oxygens (including phenoxy) is 1. The van der Waals surface area contributed by atoms with Gasteiger partial charge in [-0.1, -0.05) is 22.6 Å². The number of alkyl halides is 1.